The molecule has 0 aromatic carbocycles. The molecule has 1 heterocycles. The molecule has 2 N–H and O–H groups in total. The molecule has 1 atom stereocenters. The maximum absolute atomic E-state index is 5.66. The second kappa shape index (κ2) is 5.35. The van der Waals surface area contributed by atoms with Crippen LogP contribution in [-0.4, -0.2) is 11.0 Å². The number of aryl methyl sites for hydroxylation is 1. The standard InChI is InChI=1S/C10H15BrN2/c1-8(12)3-2-4-9-5-10(11)7-13-6-9/h5-8H,2-4,12H2,1H3. The Morgan fingerprint density at radius 2 is 2.31 bits per heavy atom. The normalized spacial score (nSPS) is 12.8. The van der Waals surface area contributed by atoms with Crippen LogP contribution in [0.15, 0.2) is 22.9 Å². The summed E-state index contributed by atoms with van der Waals surface area (Å²) >= 11 is 3.40. The number of hydrogen-bond acceptors (Lipinski definition) is 2. The van der Waals surface area contributed by atoms with Crippen LogP contribution in [0.2, 0.25) is 0 Å². The van der Waals surface area contributed by atoms with Gasteiger partial charge >= 0.3 is 0 Å². The first-order chi connectivity index (χ1) is 6.18. The van der Waals surface area contributed by atoms with E-state index in [2.05, 4.69) is 27.0 Å². The van der Waals surface area contributed by atoms with E-state index >= 15 is 0 Å². The van der Waals surface area contributed by atoms with Gasteiger partial charge in [-0.05, 0) is 53.7 Å². The average molecular weight is 243 g/mol. The highest BCUT2D eigenvalue weighted by atomic mass is 79.9. The van der Waals surface area contributed by atoms with Crippen molar-refractivity contribution in [3.8, 4) is 0 Å². The molecular weight excluding hydrogens is 228 g/mol. The molecule has 13 heavy (non-hydrogen) atoms. The molecule has 1 unspecified atom stereocenters. The molecule has 2 nitrogen and oxygen atoms in total. The second-order valence-corrected chi connectivity index (χ2v) is 4.30. The van der Waals surface area contributed by atoms with Crippen LogP contribution < -0.4 is 5.73 Å². The number of aromatic nitrogens is 1. The molecule has 1 rings (SSSR count). The van der Waals surface area contributed by atoms with Gasteiger partial charge < -0.3 is 5.73 Å². The molecule has 0 bridgehead atoms. The summed E-state index contributed by atoms with van der Waals surface area (Å²) in [5.41, 5.74) is 6.93. The molecular formula is C10H15BrN2. The fraction of sp³-hybridized carbons (Fsp3) is 0.500. The van der Waals surface area contributed by atoms with Crippen LogP contribution in [-0.2, 0) is 6.42 Å². The van der Waals surface area contributed by atoms with Crippen molar-refractivity contribution in [2.45, 2.75) is 32.2 Å². The molecule has 1 aromatic rings. The van der Waals surface area contributed by atoms with Gasteiger partial charge in [0.1, 0.15) is 0 Å². The molecule has 0 saturated carbocycles. The average Bonchev–Trinajstić information content (AvgIpc) is 2.03. The van der Waals surface area contributed by atoms with E-state index < -0.39 is 0 Å². The zero-order valence-corrected chi connectivity index (χ0v) is 9.42. The lowest BCUT2D eigenvalue weighted by Gasteiger charge is -2.04. The Morgan fingerprint density at radius 1 is 1.54 bits per heavy atom. The molecule has 1 aromatic heterocycles. The van der Waals surface area contributed by atoms with Crippen LogP contribution in [0.1, 0.15) is 25.3 Å². The fourth-order valence-corrected chi connectivity index (χ4v) is 1.63. The van der Waals surface area contributed by atoms with E-state index in [-0.39, 0.29) is 0 Å². The van der Waals surface area contributed by atoms with E-state index in [0.29, 0.717) is 6.04 Å². The Morgan fingerprint density at radius 3 is 2.92 bits per heavy atom. The summed E-state index contributed by atoms with van der Waals surface area (Å²) in [6, 6.07) is 2.41. The summed E-state index contributed by atoms with van der Waals surface area (Å²) < 4.78 is 1.05. The largest absolute Gasteiger partial charge is 0.328 e. The molecule has 72 valence electrons. The van der Waals surface area contributed by atoms with Crippen molar-refractivity contribution in [3.63, 3.8) is 0 Å². The van der Waals surface area contributed by atoms with Gasteiger partial charge in [0, 0.05) is 22.9 Å². The van der Waals surface area contributed by atoms with E-state index in [1.165, 1.54) is 5.56 Å². The number of halogens is 1. The minimum atomic E-state index is 0.306. The van der Waals surface area contributed by atoms with Crippen LogP contribution in [0.4, 0.5) is 0 Å². The highest BCUT2D eigenvalue weighted by Gasteiger charge is 1.97. The van der Waals surface area contributed by atoms with Gasteiger partial charge in [-0.25, -0.2) is 0 Å². The number of hydrogen-bond donors (Lipinski definition) is 1. The molecule has 0 aliphatic rings. The molecule has 0 aliphatic heterocycles. The van der Waals surface area contributed by atoms with Crippen molar-refractivity contribution in [2.24, 2.45) is 5.73 Å². The number of pyridine rings is 1. The van der Waals surface area contributed by atoms with E-state index in [4.69, 9.17) is 5.73 Å². The van der Waals surface area contributed by atoms with Gasteiger partial charge in [0.05, 0.1) is 0 Å². The first-order valence-corrected chi connectivity index (χ1v) is 5.33. The van der Waals surface area contributed by atoms with Crippen molar-refractivity contribution >= 4 is 15.9 Å². The number of rotatable bonds is 4. The van der Waals surface area contributed by atoms with Crippen LogP contribution >= 0.6 is 15.9 Å². The Kier molecular flexibility index (Phi) is 4.39. The Hall–Kier alpha value is -0.410. The third-order valence-electron chi connectivity index (χ3n) is 1.89. The summed E-state index contributed by atoms with van der Waals surface area (Å²) in [4.78, 5) is 4.10. The lowest BCUT2D eigenvalue weighted by Crippen LogP contribution is -2.14. The Bertz CT molecular complexity index is 261. The maximum atomic E-state index is 5.66. The predicted octanol–water partition coefficient (Wildman–Crippen LogP) is 2.51. The third-order valence-corrected chi connectivity index (χ3v) is 2.32. The molecule has 0 spiro atoms. The van der Waals surface area contributed by atoms with E-state index in [1.54, 1.807) is 6.20 Å². The minimum Gasteiger partial charge on any atom is -0.328 e. The fourth-order valence-electron chi connectivity index (χ4n) is 1.22. The highest BCUT2D eigenvalue weighted by molar-refractivity contribution is 9.10. The summed E-state index contributed by atoms with van der Waals surface area (Å²) in [6.07, 6.45) is 6.98. The van der Waals surface area contributed by atoms with Crippen LogP contribution in [0.5, 0.6) is 0 Å². The first kappa shape index (κ1) is 10.7. The van der Waals surface area contributed by atoms with Crippen LogP contribution in [0.3, 0.4) is 0 Å². The summed E-state index contributed by atoms with van der Waals surface area (Å²) in [5.74, 6) is 0. The molecule has 0 saturated heterocycles. The Balaban J connectivity index is 2.37. The number of nitrogens with two attached hydrogens (primary N) is 1. The summed E-state index contributed by atoms with van der Waals surface area (Å²) in [5, 5.41) is 0. The van der Waals surface area contributed by atoms with E-state index in [0.717, 1.165) is 23.7 Å². The van der Waals surface area contributed by atoms with Gasteiger partial charge in [-0.15, -0.1) is 0 Å². The van der Waals surface area contributed by atoms with Crippen LogP contribution in [0, 0.1) is 0 Å². The Labute approximate surface area is 87.7 Å². The first-order valence-electron chi connectivity index (χ1n) is 4.53. The molecule has 0 aliphatic carbocycles. The zero-order valence-electron chi connectivity index (χ0n) is 7.83. The van der Waals surface area contributed by atoms with Gasteiger partial charge in [0.2, 0.25) is 0 Å². The third kappa shape index (κ3) is 4.39. The van der Waals surface area contributed by atoms with Crippen molar-refractivity contribution in [1.82, 2.24) is 4.98 Å². The van der Waals surface area contributed by atoms with Crippen molar-refractivity contribution in [1.29, 1.82) is 0 Å². The quantitative estimate of drug-likeness (QED) is 0.882. The summed E-state index contributed by atoms with van der Waals surface area (Å²) in [7, 11) is 0. The van der Waals surface area contributed by atoms with Crippen molar-refractivity contribution in [3.05, 3.63) is 28.5 Å². The zero-order chi connectivity index (χ0) is 9.68. The molecule has 3 heteroatoms. The highest BCUT2D eigenvalue weighted by Crippen LogP contribution is 2.11. The van der Waals surface area contributed by atoms with E-state index in [9.17, 15) is 0 Å². The summed E-state index contributed by atoms with van der Waals surface area (Å²) in [6.45, 7) is 2.04. The second-order valence-electron chi connectivity index (χ2n) is 3.38. The van der Waals surface area contributed by atoms with Gasteiger partial charge in [-0.2, -0.15) is 0 Å². The minimum absolute atomic E-state index is 0.306. The van der Waals surface area contributed by atoms with Crippen molar-refractivity contribution in [2.75, 3.05) is 0 Å². The maximum Gasteiger partial charge on any atom is 0.0410 e. The SMILES string of the molecule is CC(N)CCCc1cncc(Br)c1. The van der Waals surface area contributed by atoms with Gasteiger partial charge in [-0.1, -0.05) is 0 Å². The van der Waals surface area contributed by atoms with Gasteiger partial charge in [-0.3, -0.25) is 4.98 Å². The van der Waals surface area contributed by atoms with Crippen LogP contribution in [0.25, 0.3) is 0 Å². The molecule has 0 amide bonds. The molecule has 0 fully saturated rings. The van der Waals surface area contributed by atoms with Crippen molar-refractivity contribution < 1.29 is 0 Å². The topological polar surface area (TPSA) is 38.9 Å². The van der Waals surface area contributed by atoms with Gasteiger partial charge in [0.25, 0.3) is 0 Å². The smallest absolute Gasteiger partial charge is 0.0410 e. The number of nitrogens with zero attached hydrogens (tertiary/aromatic N) is 1. The predicted molar refractivity (Wildman–Crippen MR) is 58.5 cm³/mol. The lowest BCUT2D eigenvalue weighted by molar-refractivity contribution is 0.623. The monoisotopic (exact) mass is 242 g/mol. The van der Waals surface area contributed by atoms with E-state index in [1.807, 2.05) is 13.1 Å². The molecule has 0 radical (unpaired) electrons. The van der Waals surface area contributed by atoms with Gasteiger partial charge in [0.15, 0.2) is 0 Å². The lowest BCUT2D eigenvalue weighted by atomic mass is 10.1.